The maximum Gasteiger partial charge on any atom is 0.162 e. The summed E-state index contributed by atoms with van der Waals surface area (Å²) in [5, 5.41) is 6.99. The van der Waals surface area contributed by atoms with E-state index in [4.69, 9.17) is 24.5 Å². The van der Waals surface area contributed by atoms with Crippen LogP contribution in [-0.4, -0.2) is 75.7 Å². The maximum atomic E-state index is 5.73. The van der Waals surface area contributed by atoms with Crippen LogP contribution in [0.5, 0.6) is 0 Å². The SMILES string of the molecule is CC(c1nc(-c2ccc3cc[nH]c3c2)c2cnn(CCN3CCOCC3)c2n1)C1CCCOCC1. The molecule has 0 spiro atoms. The molecule has 35 heavy (non-hydrogen) atoms. The highest BCUT2D eigenvalue weighted by Crippen LogP contribution is 2.34. The molecule has 0 aliphatic carbocycles. The van der Waals surface area contributed by atoms with Gasteiger partial charge in [0.25, 0.3) is 0 Å². The highest BCUT2D eigenvalue weighted by Gasteiger charge is 2.25. The van der Waals surface area contributed by atoms with Crippen LogP contribution in [0.25, 0.3) is 33.2 Å². The zero-order valence-corrected chi connectivity index (χ0v) is 20.4. The molecule has 2 unspecified atom stereocenters. The van der Waals surface area contributed by atoms with Crippen LogP contribution < -0.4 is 0 Å². The predicted octanol–water partition coefficient (Wildman–Crippen LogP) is 4.23. The molecule has 1 N–H and O–H groups in total. The Kier molecular flexibility index (Phi) is 6.50. The molecule has 2 fully saturated rings. The Bertz CT molecular complexity index is 1280. The first kappa shape index (κ1) is 22.6. The fourth-order valence-corrected chi connectivity index (χ4v) is 5.46. The van der Waals surface area contributed by atoms with Gasteiger partial charge in [0.15, 0.2) is 5.65 Å². The fourth-order valence-electron chi connectivity index (χ4n) is 5.46. The van der Waals surface area contributed by atoms with E-state index in [0.29, 0.717) is 5.92 Å². The average molecular weight is 475 g/mol. The lowest BCUT2D eigenvalue weighted by Gasteiger charge is -2.26. The van der Waals surface area contributed by atoms with Gasteiger partial charge in [-0.1, -0.05) is 19.1 Å². The number of morpholine rings is 1. The van der Waals surface area contributed by atoms with E-state index in [0.717, 1.165) is 106 Å². The first-order valence-corrected chi connectivity index (χ1v) is 12.9. The van der Waals surface area contributed by atoms with Crippen molar-refractivity contribution in [2.75, 3.05) is 46.1 Å². The molecule has 3 aromatic heterocycles. The number of benzene rings is 1. The lowest BCUT2D eigenvalue weighted by molar-refractivity contribution is 0.0361. The van der Waals surface area contributed by atoms with Crippen molar-refractivity contribution in [3.63, 3.8) is 0 Å². The number of fused-ring (bicyclic) bond motifs is 2. The molecule has 8 heteroatoms. The standard InChI is InChI=1S/C27H34N6O2/c1-19(20-3-2-13-34-14-7-20)26-30-25(22-5-4-21-6-8-28-24(21)17-22)23-18-29-33(27(23)31-26)10-9-32-11-15-35-16-12-32/h4-6,8,17-20,28H,2-3,7,9-16H2,1H3. The largest absolute Gasteiger partial charge is 0.381 e. The third-order valence-corrected chi connectivity index (χ3v) is 7.68. The molecule has 0 bridgehead atoms. The quantitative estimate of drug-likeness (QED) is 0.451. The van der Waals surface area contributed by atoms with E-state index in [2.05, 4.69) is 45.8 Å². The number of aromatic amines is 1. The van der Waals surface area contributed by atoms with Crippen LogP contribution in [0.3, 0.4) is 0 Å². The van der Waals surface area contributed by atoms with Crippen molar-refractivity contribution in [2.24, 2.45) is 5.92 Å². The molecule has 1 aromatic carbocycles. The maximum absolute atomic E-state index is 5.73. The minimum Gasteiger partial charge on any atom is -0.381 e. The Hall–Kier alpha value is -2.81. The van der Waals surface area contributed by atoms with Gasteiger partial charge in [0, 0.05) is 56.0 Å². The number of rotatable bonds is 6. The second-order valence-corrected chi connectivity index (χ2v) is 9.86. The molecule has 4 aromatic rings. The van der Waals surface area contributed by atoms with E-state index in [1.54, 1.807) is 0 Å². The third-order valence-electron chi connectivity index (χ3n) is 7.68. The Labute approximate surface area is 205 Å². The number of aromatic nitrogens is 5. The van der Waals surface area contributed by atoms with Gasteiger partial charge >= 0.3 is 0 Å². The van der Waals surface area contributed by atoms with Gasteiger partial charge in [0.05, 0.1) is 37.0 Å². The molecule has 0 radical (unpaired) electrons. The molecular formula is C27H34N6O2. The van der Waals surface area contributed by atoms with Crippen molar-refractivity contribution in [3.8, 4) is 11.3 Å². The lowest BCUT2D eigenvalue weighted by Crippen LogP contribution is -2.38. The van der Waals surface area contributed by atoms with Gasteiger partial charge in [-0.15, -0.1) is 0 Å². The monoisotopic (exact) mass is 474 g/mol. The van der Waals surface area contributed by atoms with Crippen molar-refractivity contribution in [3.05, 3.63) is 42.5 Å². The van der Waals surface area contributed by atoms with Crippen LogP contribution in [-0.2, 0) is 16.0 Å². The molecule has 2 saturated heterocycles. The number of hydrogen-bond acceptors (Lipinski definition) is 6. The Morgan fingerprint density at radius 2 is 1.91 bits per heavy atom. The molecular weight excluding hydrogens is 440 g/mol. The van der Waals surface area contributed by atoms with Crippen LogP contribution >= 0.6 is 0 Å². The normalized spacial score (nSPS) is 20.9. The van der Waals surface area contributed by atoms with E-state index in [1.165, 1.54) is 5.39 Å². The first-order valence-electron chi connectivity index (χ1n) is 12.9. The van der Waals surface area contributed by atoms with Gasteiger partial charge in [-0.05, 0) is 42.7 Å². The summed E-state index contributed by atoms with van der Waals surface area (Å²) in [4.78, 5) is 16.1. The molecule has 8 nitrogen and oxygen atoms in total. The van der Waals surface area contributed by atoms with Crippen molar-refractivity contribution < 1.29 is 9.47 Å². The van der Waals surface area contributed by atoms with Crippen LogP contribution in [0.1, 0.15) is 37.9 Å². The molecule has 2 aliphatic rings. The number of nitrogens with one attached hydrogen (secondary N) is 1. The summed E-state index contributed by atoms with van der Waals surface area (Å²) in [6.07, 6.45) is 7.24. The topological polar surface area (TPSA) is 81.1 Å². The third kappa shape index (κ3) is 4.70. The second kappa shape index (κ2) is 10.0. The molecule has 6 rings (SSSR count). The summed E-state index contributed by atoms with van der Waals surface area (Å²) in [5.41, 5.74) is 4.11. The van der Waals surface area contributed by atoms with Crippen LogP contribution in [0.2, 0.25) is 0 Å². The van der Waals surface area contributed by atoms with Crippen LogP contribution in [0, 0.1) is 5.92 Å². The molecule has 0 saturated carbocycles. The van der Waals surface area contributed by atoms with Crippen molar-refractivity contribution in [2.45, 2.75) is 38.6 Å². The minimum absolute atomic E-state index is 0.261. The second-order valence-electron chi connectivity index (χ2n) is 9.86. The van der Waals surface area contributed by atoms with E-state index in [1.807, 2.05) is 12.4 Å². The Morgan fingerprint density at radius 1 is 1.03 bits per heavy atom. The van der Waals surface area contributed by atoms with Gasteiger partial charge in [-0.25, -0.2) is 14.6 Å². The molecule has 2 aliphatic heterocycles. The summed E-state index contributed by atoms with van der Waals surface area (Å²) in [7, 11) is 0. The molecule has 2 atom stereocenters. The van der Waals surface area contributed by atoms with E-state index < -0.39 is 0 Å². The zero-order valence-electron chi connectivity index (χ0n) is 20.4. The number of hydrogen-bond donors (Lipinski definition) is 1. The van der Waals surface area contributed by atoms with Crippen molar-refractivity contribution in [1.29, 1.82) is 0 Å². The first-order chi connectivity index (χ1) is 17.3. The highest BCUT2D eigenvalue weighted by atomic mass is 16.5. The molecule has 184 valence electrons. The smallest absolute Gasteiger partial charge is 0.162 e. The van der Waals surface area contributed by atoms with Gasteiger partial charge in [0.1, 0.15) is 5.82 Å². The molecule has 0 amide bonds. The summed E-state index contributed by atoms with van der Waals surface area (Å²) < 4.78 is 13.3. The van der Waals surface area contributed by atoms with Gasteiger partial charge in [-0.3, -0.25) is 4.90 Å². The Morgan fingerprint density at radius 3 is 2.83 bits per heavy atom. The van der Waals surface area contributed by atoms with Crippen molar-refractivity contribution in [1.82, 2.24) is 29.6 Å². The summed E-state index contributed by atoms with van der Waals surface area (Å²) in [5.74, 6) is 1.70. The zero-order chi connectivity index (χ0) is 23.6. The average Bonchev–Trinajstić information content (AvgIpc) is 3.45. The highest BCUT2D eigenvalue weighted by molar-refractivity contribution is 5.93. The van der Waals surface area contributed by atoms with E-state index >= 15 is 0 Å². The van der Waals surface area contributed by atoms with Gasteiger partial charge < -0.3 is 14.5 Å². The van der Waals surface area contributed by atoms with E-state index in [9.17, 15) is 0 Å². The van der Waals surface area contributed by atoms with Crippen LogP contribution in [0.4, 0.5) is 0 Å². The number of H-pyrrole nitrogens is 1. The summed E-state index contributed by atoms with van der Waals surface area (Å²) in [6.45, 7) is 9.27. The van der Waals surface area contributed by atoms with E-state index in [-0.39, 0.29) is 5.92 Å². The minimum atomic E-state index is 0.261. The lowest BCUT2D eigenvalue weighted by atomic mass is 9.87. The molecule has 5 heterocycles. The van der Waals surface area contributed by atoms with Gasteiger partial charge in [-0.2, -0.15) is 5.10 Å². The number of ether oxygens (including phenoxy) is 2. The fraction of sp³-hybridized carbons (Fsp3) is 0.519. The summed E-state index contributed by atoms with van der Waals surface area (Å²) >= 11 is 0. The number of nitrogens with zero attached hydrogens (tertiary/aromatic N) is 5. The predicted molar refractivity (Wildman–Crippen MR) is 136 cm³/mol. The summed E-state index contributed by atoms with van der Waals surface area (Å²) in [6, 6.07) is 8.61. The Balaban J connectivity index is 1.39. The van der Waals surface area contributed by atoms with Crippen LogP contribution in [0.15, 0.2) is 36.7 Å². The van der Waals surface area contributed by atoms with Crippen molar-refractivity contribution >= 4 is 21.9 Å². The van der Waals surface area contributed by atoms with Gasteiger partial charge in [0.2, 0.25) is 0 Å².